The maximum absolute atomic E-state index is 12.4. The molecule has 0 aliphatic carbocycles. The van der Waals surface area contributed by atoms with Crippen molar-refractivity contribution in [3.05, 3.63) is 47.3 Å². The molecule has 2 amide bonds. The highest BCUT2D eigenvalue weighted by Crippen LogP contribution is 2.23. The van der Waals surface area contributed by atoms with Crippen LogP contribution in [-0.2, 0) is 4.79 Å². The van der Waals surface area contributed by atoms with Crippen LogP contribution in [0, 0.1) is 0 Å². The van der Waals surface area contributed by atoms with E-state index in [1.165, 1.54) is 11.8 Å². The zero-order valence-electron chi connectivity index (χ0n) is 14.7. The molecule has 3 N–H and O–H groups in total. The Morgan fingerprint density at radius 2 is 2.08 bits per heavy atom. The molecule has 26 heavy (non-hydrogen) atoms. The first-order valence-electron chi connectivity index (χ1n) is 8.70. The van der Waals surface area contributed by atoms with Crippen molar-refractivity contribution in [1.82, 2.24) is 10.6 Å². The second-order valence-corrected chi connectivity index (χ2v) is 8.62. The fraction of sp³-hybridized carbons (Fsp3) is 0.368. The van der Waals surface area contributed by atoms with Gasteiger partial charge in [-0.15, -0.1) is 23.1 Å². The number of thioether (sulfide) groups is 1. The summed E-state index contributed by atoms with van der Waals surface area (Å²) in [5, 5.41) is 11.3. The third-order valence-corrected chi connectivity index (χ3v) is 6.36. The molecule has 1 fully saturated rings. The zero-order chi connectivity index (χ0) is 18.4. The number of piperidine rings is 1. The van der Waals surface area contributed by atoms with Gasteiger partial charge in [-0.25, -0.2) is 0 Å². The first kappa shape index (κ1) is 18.9. The van der Waals surface area contributed by atoms with Crippen LogP contribution in [0.2, 0.25) is 0 Å². The largest absolute Gasteiger partial charge is 0.349 e. The number of carbonyl (C=O) groups is 2. The number of hydrogen-bond acceptors (Lipinski definition) is 5. The highest BCUT2D eigenvalue weighted by molar-refractivity contribution is 8.01. The van der Waals surface area contributed by atoms with E-state index in [-0.39, 0.29) is 17.9 Å². The molecule has 1 aliphatic heterocycles. The molecule has 1 aromatic carbocycles. The average molecular weight is 390 g/mol. The highest BCUT2D eigenvalue weighted by atomic mass is 32.2. The number of nitrogens with one attached hydrogen (secondary N) is 3. The number of carbonyl (C=O) groups excluding carboxylic acids is 2. The van der Waals surface area contributed by atoms with Gasteiger partial charge >= 0.3 is 0 Å². The molecule has 2 unspecified atom stereocenters. The molecule has 2 aromatic rings. The summed E-state index contributed by atoms with van der Waals surface area (Å²) in [7, 11) is 0. The fourth-order valence-corrected chi connectivity index (χ4v) is 4.50. The Bertz CT molecular complexity index is 732. The quantitative estimate of drug-likeness (QED) is 0.663. The summed E-state index contributed by atoms with van der Waals surface area (Å²) in [5.41, 5.74) is 1.32. The predicted molar refractivity (Wildman–Crippen MR) is 108 cm³/mol. The van der Waals surface area contributed by atoms with Crippen molar-refractivity contribution in [3.8, 4) is 0 Å². The average Bonchev–Trinajstić information content (AvgIpc) is 3.14. The van der Waals surface area contributed by atoms with E-state index >= 15 is 0 Å². The fourth-order valence-electron chi connectivity index (χ4n) is 2.92. The molecule has 2 atom stereocenters. The number of amides is 2. The minimum Gasteiger partial charge on any atom is -0.349 e. The Kier molecular flexibility index (Phi) is 6.71. The van der Waals surface area contributed by atoms with E-state index in [1.807, 2.05) is 17.5 Å². The van der Waals surface area contributed by atoms with Gasteiger partial charge in [-0.1, -0.05) is 6.07 Å². The van der Waals surface area contributed by atoms with Crippen molar-refractivity contribution in [3.63, 3.8) is 0 Å². The van der Waals surface area contributed by atoms with Gasteiger partial charge in [-0.3, -0.25) is 9.59 Å². The first-order valence-corrected chi connectivity index (χ1v) is 10.6. The number of rotatable bonds is 6. The van der Waals surface area contributed by atoms with Crippen molar-refractivity contribution < 1.29 is 9.59 Å². The molecule has 0 saturated carbocycles. The Morgan fingerprint density at radius 1 is 1.27 bits per heavy atom. The van der Waals surface area contributed by atoms with Crippen LogP contribution in [0.1, 0.15) is 30.1 Å². The van der Waals surface area contributed by atoms with Crippen molar-refractivity contribution >= 4 is 40.6 Å². The van der Waals surface area contributed by atoms with Gasteiger partial charge in [0.25, 0.3) is 5.91 Å². The molecular formula is C19H23N3O2S2. The van der Waals surface area contributed by atoms with E-state index in [4.69, 9.17) is 0 Å². The molecule has 1 aliphatic rings. The van der Waals surface area contributed by atoms with E-state index in [0.717, 1.165) is 23.6 Å². The topological polar surface area (TPSA) is 70.2 Å². The predicted octanol–water partition coefficient (Wildman–Crippen LogP) is 3.35. The second-order valence-electron chi connectivity index (χ2n) is 6.40. The minimum absolute atomic E-state index is 0.0516. The van der Waals surface area contributed by atoms with E-state index in [1.54, 1.807) is 35.6 Å². The summed E-state index contributed by atoms with van der Waals surface area (Å²) < 4.78 is 1.12. The van der Waals surface area contributed by atoms with Gasteiger partial charge in [0.2, 0.25) is 5.91 Å². The lowest BCUT2D eigenvalue weighted by molar-refractivity contribution is -0.113. The Balaban J connectivity index is 1.47. The van der Waals surface area contributed by atoms with Gasteiger partial charge in [-0.2, -0.15) is 0 Å². The lowest BCUT2D eigenvalue weighted by atomic mass is 10.0. The number of hydrogen-bond donors (Lipinski definition) is 3. The third kappa shape index (κ3) is 5.59. The molecule has 0 bridgehead atoms. The van der Waals surface area contributed by atoms with Gasteiger partial charge in [-0.05, 0) is 62.0 Å². The summed E-state index contributed by atoms with van der Waals surface area (Å²) >= 11 is 3.14. The van der Waals surface area contributed by atoms with E-state index in [0.29, 0.717) is 23.0 Å². The van der Waals surface area contributed by atoms with Crippen LogP contribution in [-0.4, -0.2) is 36.2 Å². The smallest absolute Gasteiger partial charge is 0.251 e. The van der Waals surface area contributed by atoms with Crippen molar-refractivity contribution in [2.75, 3.05) is 17.6 Å². The van der Waals surface area contributed by atoms with Crippen LogP contribution in [0.3, 0.4) is 0 Å². The molecule has 1 aromatic heterocycles. The van der Waals surface area contributed by atoms with Gasteiger partial charge < -0.3 is 16.0 Å². The van der Waals surface area contributed by atoms with Crippen LogP contribution >= 0.6 is 23.1 Å². The molecule has 138 valence electrons. The third-order valence-electron chi connectivity index (χ3n) is 4.23. The Hall–Kier alpha value is -1.83. The van der Waals surface area contributed by atoms with E-state index in [9.17, 15) is 9.59 Å². The monoisotopic (exact) mass is 389 g/mol. The molecule has 2 heterocycles. The normalized spacial score (nSPS) is 19.7. The van der Waals surface area contributed by atoms with Gasteiger partial charge in [0, 0.05) is 23.3 Å². The molecule has 3 rings (SSSR count). The number of benzene rings is 1. The molecule has 0 spiro atoms. The van der Waals surface area contributed by atoms with Crippen molar-refractivity contribution in [2.24, 2.45) is 0 Å². The zero-order valence-corrected chi connectivity index (χ0v) is 16.3. The van der Waals surface area contributed by atoms with Crippen LogP contribution in [0.15, 0.2) is 46.0 Å². The maximum Gasteiger partial charge on any atom is 0.251 e. The van der Waals surface area contributed by atoms with Crippen molar-refractivity contribution in [2.45, 2.75) is 36.1 Å². The second kappa shape index (κ2) is 9.21. The number of thiophene rings is 1. The van der Waals surface area contributed by atoms with Gasteiger partial charge in [0.15, 0.2) is 0 Å². The summed E-state index contributed by atoms with van der Waals surface area (Å²) in [4.78, 5) is 24.4. The summed E-state index contributed by atoms with van der Waals surface area (Å²) in [6.07, 6.45) is 1.90. The summed E-state index contributed by atoms with van der Waals surface area (Å²) in [6.45, 7) is 3.06. The standard InChI is InChI=1S/C19H23N3O2S2/c1-13-11-16(8-9-20-13)22-19(24)14-4-6-15(7-5-14)21-17(23)12-26-18-3-2-10-25-18/h2-7,10,13,16,20H,8-9,11-12H2,1H3,(H,21,23)(H,22,24). The minimum atomic E-state index is -0.0600. The van der Waals surface area contributed by atoms with Crippen LogP contribution in [0.25, 0.3) is 0 Å². The molecular weight excluding hydrogens is 366 g/mol. The Morgan fingerprint density at radius 3 is 2.77 bits per heavy atom. The van der Waals surface area contributed by atoms with Crippen molar-refractivity contribution in [1.29, 1.82) is 0 Å². The van der Waals surface area contributed by atoms with Crippen LogP contribution in [0.4, 0.5) is 5.69 Å². The maximum atomic E-state index is 12.4. The highest BCUT2D eigenvalue weighted by Gasteiger charge is 2.20. The molecule has 7 heteroatoms. The van der Waals surface area contributed by atoms with Gasteiger partial charge in [0.05, 0.1) is 9.96 Å². The summed E-state index contributed by atoms with van der Waals surface area (Å²) in [5.74, 6) is 0.260. The molecule has 1 saturated heterocycles. The van der Waals surface area contributed by atoms with E-state index in [2.05, 4.69) is 22.9 Å². The van der Waals surface area contributed by atoms with Crippen LogP contribution < -0.4 is 16.0 Å². The van der Waals surface area contributed by atoms with Crippen LogP contribution in [0.5, 0.6) is 0 Å². The summed E-state index contributed by atoms with van der Waals surface area (Å²) in [6, 6.07) is 11.7. The lowest BCUT2D eigenvalue weighted by Crippen LogP contribution is -2.46. The SMILES string of the molecule is CC1CC(NC(=O)c2ccc(NC(=O)CSc3cccs3)cc2)CCN1. The lowest BCUT2D eigenvalue weighted by Gasteiger charge is -2.28. The first-order chi connectivity index (χ1) is 12.6. The number of anilines is 1. The van der Waals surface area contributed by atoms with Gasteiger partial charge in [0.1, 0.15) is 0 Å². The Labute approximate surface area is 162 Å². The van der Waals surface area contributed by atoms with E-state index < -0.39 is 0 Å². The molecule has 0 radical (unpaired) electrons. The molecule has 5 nitrogen and oxygen atoms in total.